The van der Waals surface area contributed by atoms with Gasteiger partial charge in [-0.1, -0.05) is 0 Å². The number of alkyl halides is 9. The maximum Gasteiger partial charge on any atom is 0.449 e. The van der Waals surface area contributed by atoms with Gasteiger partial charge in [0, 0.05) is 0 Å². The van der Waals surface area contributed by atoms with E-state index < -0.39 is 35.7 Å². The van der Waals surface area contributed by atoms with Crippen molar-refractivity contribution in [3.8, 4) is 0 Å². The van der Waals surface area contributed by atoms with Gasteiger partial charge < -0.3 is 4.98 Å². The summed E-state index contributed by atoms with van der Waals surface area (Å²) in [6.07, 6.45) is -16.7. The molecule has 0 atom stereocenters. The second-order valence-electron chi connectivity index (χ2n) is 2.80. The second-order valence-corrected chi connectivity index (χ2v) is 2.80. The maximum atomic E-state index is 12.0. The summed E-state index contributed by atoms with van der Waals surface area (Å²) in [6.45, 7) is 0. The van der Waals surface area contributed by atoms with Crippen LogP contribution in [0.1, 0.15) is 17.2 Å². The first-order valence-corrected chi connectivity index (χ1v) is 3.65. The van der Waals surface area contributed by atoms with Gasteiger partial charge in [-0.05, 0) is 0 Å². The third-order valence-electron chi connectivity index (χ3n) is 1.52. The van der Waals surface area contributed by atoms with E-state index in [1.807, 2.05) is 4.98 Å². The molecule has 0 saturated carbocycles. The van der Waals surface area contributed by atoms with E-state index in [2.05, 4.69) is 0 Å². The van der Waals surface area contributed by atoms with Crippen LogP contribution >= 0.6 is 0 Å². The molecule has 0 spiro atoms. The van der Waals surface area contributed by atoms with Crippen LogP contribution in [0.2, 0.25) is 0 Å². The molecule has 98 valence electrons. The summed E-state index contributed by atoms with van der Waals surface area (Å²) in [6, 6.07) is 0. The molecule has 2 nitrogen and oxygen atoms in total. The van der Waals surface area contributed by atoms with Crippen molar-refractivity contribution in [3.05, 3.63) is 17.2 Å². The largest absolute Gasteiger partial charge is 0.449 e. The molecule has 0 unspecified atom stereocenters. The van der Waals surface area contributed by atoms with E-state index in [1.54, 1.807) is 0 Å². The Bertz CT molecular complexity index is 375. The highest BCUT2D eigenvalue weighted by atomic mass is 19.4. The Labute approximate surface area is 86.4 Å². The summed E-state index contributed by atoms with van der Waals surface area (Å²) in [5.74, 6) is -2.35. The minimum Gasteiger partial charge on any atom is -0.330 e. The zero-order chi connectivity index (χ0) is 13.6. The fourth-order valence-electron chi connectivity index (χ4n) is 0.918. The quantitative estimate of drug-likeness (QED) is 0.720. The highest BCUT2D eigenvalue weighted by Gasteiger charge is 2.49. The molecule has 11 heteroatoms. The molecule has 0 saturated heterocycles. The van der Waals surface area contributed by atoms with Gasteiger partial charge in [-0.2, -0.15) is 39.5 Å². The van der Waals surface area contributed by atoms with Crippen LogP contribution < -0.4 is 0 Å². The lowest BCUT2D eigenvalue weighted by Crippen LogP contribution is -2.16. The van der Waals surface area contributed by atoms with Crippen LogP contribution in [0.5, 0.6) is 0 Å². The molecule has 1 aromatic heterocycles. The van der Waals surface area contributed by atoms with E-state index >= 15 is 0 Å². The molecule has 0 aromatic carbocycles. The molecule has 0 amide bonds. The molecule has 0 radical (unpaired) electrons. The van der Waals surface area contributed by atoms with Gasteiger partial charge >= 0.3 is 18.5 Å². The van der Waals surface area contributed by atoms with Crippen LogP contribution in [0, 0.1) is 0 Å². The number of aromatic nitrogens is 2. The van der Waals surface area contributed by atoms with E-state index in [0.717, 1.165) is 0 Å². The first-order chi connectivity index (χ1) is 7.33. The minimum absolute atomic E-state index is 0.587. The normalized spacial score (nSPS) is 14.2. The fourth-order valence-corrected chi connectivity index (χ4v) is 0.918. The van der Waals surface area contributed by atoms with E-state index in [4.69, 9.17) is 0 Å². The lowest BCUT2D eigenvalue weighted by atomic mass is 10.3. The topological polar surface area (TPSA) is 28.7 Å². The van der Waals surface area contributed by atoms with Gasteiger partial charge in [0.2, 0.25) is 5.82 Å². The number of hydrogen-bond acceptors (Lipinski definition) is 1. The zero-order valence-corrected chi connectivity index (χ0v) is 7.35. The Balaban J connectivity index is 3.44. The highest BCUT2D eigenvalue weighted by Crippen LogP contribution is 2.40. The second kappa shape index (κ2) is 3.53. The SMILES string of the molecule is FC(F)(F)c1nc(C(F)(F)F)c(C(F)(F)F)[nH]1. The summed E-state index contributed by atoms with van der Waals surface area (Å²) in [5.41, 5.74) is -5.21. The predicted molar refractivity (Wildman–Crippen MR) is 33.6 cm³/mol. The number of rotatable bonds is 0. The van der Waals surface area contributed by atoms with Gasteiger partial charge in [-0.15, -0.1) is 0 Å². The van der Waals surface area contributed by atoms with Crippen LogP contribution in [-0.2, 0) is 18.5 Å². The van der Waals surface area contributed by atoms with Gasteiger partial charge in [0.25, 0.3) is 0 Å². The average Bonchev–Trinajstić information content (AvgIpc) is 2.42. The summed E-state index contributed by atoms with van der Waals surface area (Å²) in [7, 11) is 0. The third kappa shape index (κ3) is 2.82. The van der Waals surface area contributed by atoms with Gasteiger partial charge in [0.15, 0.2) is 11.4 Å². The van der Waals surface area contributed by atoms with Gasteiger partial charge in [0.1, 0.15) is 0 Å². The van der Waals surface area contributed by atoms with E-state index in [-0.39, 0.29) is 0 Å². The lowest BCUT2D eigenvalue weighted by molar-refractivity contribution is -0.165. The smallest absolute Gasteiger partial charge is 0.330 e. The number of nitrogens with one attached hydrogen (secondary N) is 1. The van der Waals surface area contributed by atoms with Crippen molar-refractivity contribution in [1.82, 2.24) is 9.97 Å². The molecule has 0 aliphatic carbocycles. The van der Waals surface area contributed by atoms with E-state index in [9.17, 15) is 39.5 Å². The maximum absolute atomic E-state index is 12.0. The van der Waals surface area contributed by atoms with Crippen LogP contribution in [0.25, 0.3) is 0 Å². The Hall–Kier alpha value is -1.42. The Kier molecular flexibility index (Phi) is 2.84. The van der Waals surface area contributed by atoms with Crippen LogP contribution in [-0.4, -0.2) is 9.97 Å². The van der Waals surface area contributed by atoms with Crippen LogP contribution in [0.4, 0.5) is 39.5 Å². The van der Waals surface area contributed by atoms with Crippen molar-refractivity contribution in [2.45, 2.75) is 18.5 Å². The average molecular weight is 272 g/mol. The number of nitrogens with zero attached hydrogens (tertiary/aromatic N) is 1. The van der Waals surface area contributed by atoms with Gasteiger partial charge in [-0.3, -0.25) is 0 Å². The molecule has 1 aromatic rings. The molecular formula is C6HF9N2. The van der Waals surface area contributed by atoms with E-state index in [1.165, 1.54) is 0 Å². The molecular weight excluding hydrogens is 271 g/mol. The fraction of sp³-hybridized carbons (Fsp3) is 0.500. The first kappa shape index (κ1) is 13.6. The van der Waals surface area contributed by atoms with Crippen molar-refractivity contribution in [3.63, 3.8) is 0 Å². The number of imidazole rings is 1. The molecule has 17 heavy (non-hydrogen) atoms. The number of aromatic amines is 1. The molecule has 0 aliphatic heterocycles. The molecule has 0 aliphatic rings. The number of H-pyrrole nitrogens is 1. The summed E-state index contributed by atoms with van der Waals surface area (Å²) >= 11 is 0. The monoisotopic (exact) mass is 272 g/mol. The Morgan fingerprint density at radius 1 is 0.706 bits per heavy atom. The Morgan fingerprint density at radius 3 is 1.41 bits per heavy atom. The number of halogens is 9. The molecule has 1 N–H and O–H groups in total. The van der Waals surface area contributed by atoms with Crippen molar-refractivity contribution >= 4 is 0 Å². The van der Waals surface area contributed by atoms with Crippen LogP contribution in [0.3, 0.4) is 0 Å². The highest BCUT2D eigenvalue weighted by molar-refractivity contribution is 5.21. The predicted octanol–water partition coefficient (Wildman–Crippen LogP) is 3.47. The molecule has 1 rings (SSSR count). The zero-order valence-electron chi connectivity index (χ0n) is 7.35. The minimum atomic E-state index is -5.63. The number of hydrogen-bond donors (Lipinski definition) is 1. The summed E-state index contributed by atoms with van der Waals surface area (Å²) in [4.78, 5) is 2.48. The first-order valence-electron chi connectivity index (χ1n) is 3.65. The Morgan fingerprint density at radius 2 is 1.18 bits per heavy atom. The summed E-state index contributed by atoms with van der Waals surface area (Å²) in [5, 5.41) is 0. The lowest BCUT2D eigenvalue weighted by Gasteiger charge is -2.08. The van der Waals surface area contributed by atoms with Crippen LogP contribution in [0.15, 0.2) is 0 Å². The summed E-state index contributed by atoms with van der Waals surface area (Å²) < 4.78 is 108. The molecule has 1 heterocycles. The molecule has 0 fully saturated rings. The van der Waals surface area contributed by atoms with Gasteiger partial charge in [0.05, 0.1) is 0 Å². The van der Waals surface area contributed by atoms with E-state index in [0.29, 0.717) is 4.98 Å². The standard InChI is InChI=1S/C6HF9N2/c7-4(8,9)1-2(5(10,11)12)17-3(16-1)6(13,14)15/h(H,16,17). The molecule has 0 bridgehead atoms. The van der Waals surface area contributed by atoms with Crippen molar-refractivity contribution in [2.24, 2.45) is 0 Å². The van der Waals surface area contributed by atoms with Gasteiger partial charge in [-0.25, -0.2) is 4.98 Å². The third-order valence-corrected chi connectivity index (χ3v) is 1.52. The van der Waals surface area contributed by atoms with Crippen molar-refractivity contribution < 1.29 is 39.5 Å². The van der Waals surface area contributed by atoms with Crippen molar-refractivity contribution in [1.29, 1.82) is 0 Å². The van der Waals surface area contributed by atoms with Crippen molar-refractivity contribution in [2.75, 3.05) is 0 Å².